The van der Waals surface area contributed by atoms with E-state index in [9.17, 15) is 4.91 Å². The molecule has 0 N–H and O–H groups in total. The van der Waals surface area contributed by atoms with E-state index in [4.69, 9.17) is 0 Å². The second-order valence-corrected chi connectivity index (χ2v) is 6.30. The molecule has 0 spiro atoms. The Hall–Kier alpha value is -3.33. The molecular formula is C23H18N2O. The van der Waals surface area contributed by atoms with Crippen LogP contribution in [-0.4, -0.2) is 4.98 Å². The quantitative estimate of drug-likeness (QED) is 0.439. The van der Waals surface area contributed by atoms with Gasteiger partial charge in [0.1, 0.15) is 6.04 Å². The first-order valence-electron chi connectivity index (χ1n) is 8.63. The molecule has 3 heteroatoms. The highest BCUT2D eigenvalue weighted by Gasteiger charge is 2.18. The van der Waals surface area contributed by atoms with Crippen molar-refractivity contribution in [2.75, 3.05) is 0 Å². The summed E-state index contributed by atoms with van der Waals surface area (Å²) in [7, 11) is 0. The maximum absolute atomic E-state index is 11.7. The minimum Gasteiger partial charge on any atom is -0.265 e. The molecule has 0 bridgehead atoms. The number of pyridine rings is 1. The van der Waals surface area contributed by atoms with Crippen LogP contribution in [0.5, 0.6) is 0 Å². The summed E-state index contributed by atoms with van der Waals surface area (Å²) in [6.45, 7) is 0. The van der Waals surface area contributed by atoms with Gasteiger partial charge in [0, 0.05) is 12.4 Å². The van der Waals surface area contributed by atoms with Crippen LogP contribution in [0.4, 0.5) is 0 Å². The number of nitrogens with zero attached hydrogens (tertiary/aromatic N) is 2. The van der Waals surface area contributed by atoms with Crippen molar-refractivity contribution in [3.05, 3.63) is 118 Å². The monoisotopic (exact) mass is 338 g/mol. The fourth-order valence-corrected chi connectivity index (χ4v) is 3.46. The van der Waals surface area contributed by atoms with Crippen molar-refractivity contribution < 1.29 is 0 Å². The zero-order valence-electron chi connectivity index (χ0n) is 14.2. The molecule has 1 heterocycles. The van der Waals surface area contributed by atoms with Gasteiger partial charge in [0.2, 0.25) is 0 Å². The highest BCUT2D eigenvalue weighted by molar-refractivity contribution is 5.86. The SMILES string of the molecule is O=NC(c1ccncc1)c1ccccc1Cc1cccc2ccccc12. The average Bonchev–Trinajstić information content (AvgIpc) is 2.71. The van der Waals surface area contributed by atoms with E-state index < -0.39 is 6.04 Å². The first kappa shape index (κ1) is 16.2. The lowest BCUT2D eigenvalue weighted by Gasteiger charge is -2.15. The van der Waals surface area contributed by atoms with Crippen LogP contribution >= 0.6 is 0 Å². The normalized spacial score (nSPS) is 12.0. The molecular weight excluding hydrogens is 320 g/mol. The van der Waals surface area contributed by atoms with Gasteiger partial charge in [-0.3, -0.25) is 4.98 Å². The Bertz CT molecular complexity index is 1040. The van der Waals surface area contributed by atoms with E-state index in [0.29, 0.717) is 0 Å². The predicted octanol–water partition coefficient (Wildman–Crippen LogP) is 5.68. The van der Waals surface area contributed by atoms with Gasteiger partial charge in [-0.2, -0.15) is 0 Å². The van der Waals surface area contributed by atoms with Gasteiger partial charge < -0.3 is 0 Å². The Balaban J connectivity index is 1.77. The van der Waals surface area contributed by atoms with Crippen molar-refractivity contribution in [3.63, 3.8) is 0 Å². The minimum absolute atomic E-state index is 0.524. The summed E-state index contributed by atoms with van der Waals surface area (Å²) in [6.07, 6.45) is 4.15. The van der Waals surface area contributed by atoms with Crippen LogP contribution in [0.1, 0.15) is 28.3 Å². The molecule has 0 aliphatic rings. The maximum Gasteiger partial charge on any atom is 0.142 e. The van der Waals surface area contributed by atoms with Gasteiger partial charge in [-0.15, -0.1) is 4.91 Å². The Morgan fingerprint density at radius 2 is 1.46 bits per heavy atom. The van der Waals surface area contributed by atoms with Crippen LogP contribution in [0.25, 0.3) is 10.8 Å². The zero-order valence-corrected chi connectivity index (χ0v) is 14.2. The summed E-state index contributed by atoms with van der Waals surface area (Å²) in [6, 6.07) is 25.9. The number of rotatable bonds is 5. The third-order valence-electron chi connectivity index (χ3n) is 4.74. The highest BCUT2D eigenvalue weighted by Crippen LogP contribution is 2.30. The first-order chi connectivity index (χ1) is 12.9. The molecule has 0 aliphatic heterocycles. The molecule has 3 nitrogen and oxygen atoms in total. The predicted molar refractivity (Wildman–Crippen MR) is 105 cm³/mol. The van der Waals surface area contributed by atoms with Gasteiger partial charge in [-0.1, -0.05) is 71.9 Å². The lowest BCUT2D eigenvalue weighted by Crippen LogP contribution is -2.03. The fraction of sp³-hybridized carbons (Fsp3) is 0.0870. The summed E-state index contributed by atoms with van der Waals surface area (Å²) in [5.41, 5.74) is 4.17. The third-order valence-corrected chi connectivity index (χ3v) is 4.74. The van der Waals surface area contributed by atoms with E-state index in [-0.39, 0.29) is 0 Å². The second-order valence-electron chi connectivity index (χ2n) is 6.30. The van der Waals surface area contributed by atoms with Crippen molar-refractivity contribution >= 4 is 10.8 Å². The largest absolute Gasteiger partial charge is 0.265 e. The van der Waals surface area contributed by atoms with E-state index in [1.807, 2.05) is 30.3 Å². The second kappa shape index (κ2) is 7.28. The average molecular weight is 338 g/mol. The van der Waals surface area contributed by atoms with E-state index in [0.717, 1.165) is 23.1 Å². The Kier molecular flexibility index (Phi) is 4.52. The van der Waals surface area contributed by atoms with Crippen LogP contribution in [0.3, 0.4) is 0 Å². The highest BCUT2D eigenvalue weighted by atomic mass is 16.3. The third kappa shape index (κ3) is 3.11. The lowest BCUT2D eigenvalue weighted by atomic mass is 9.91. The summed E-state index contributed by atoms with van der Waals surface area (Å²) < 4.78 is 0. The molecule has 0 radical (unpaired) electrons. The Morgan fingerprint density at radius 3 is 2.31 bits per heavy atom. The van der Waals surface area contributed by atoms with Crippen molar-refractivity contribution in [2.24, 2.45) is 5.18 Å². The van der Waals surface area contributed by atoms with E-state index in [1.54, 1.807) is 12.4 Å². The maximum atomic E-state index is 11.7. The molecule has 0 saturated heterocycles. The molecule has 0 amide bonds. The number of nitroso groups, excluding NO2 is 1. The molecule has 1 atom stereocenters. The topological polar surface area (TPSA) is 42.3 Å². The Morgan fingerprint density at radius 1 is 0.769 bits per heavy atom. The van der Waals surface area contributed by atoms with Gasteiger partial charge in [0.05, 0.1) is 0 Å². The fourth-order valence-electron chi connectivity index (χ4n) is 3.46. The van der Waals surface area contributed by atoms with Crippen molar-refractivity contribution in [3.8, 4) is 0 Å². The number of benzene rings is 3. The molecule has 0 fully saturated rings. The van der Waals surface area contributed by atoms with Crippen LogP contribution < -0.4 is 0 Å². The zero-order chi connectivity index (χ0) is 17.8. The number of hydrogen-bond acceptors (Lipinski definition) is 3. The van der Waals surface area contributed by atoms with E-state index >= 15 is 0 Å². The number of fused-ring (bicyclic) bond motifs is 1. The van der Waals surface area contributed by atoms with Gasteiger partial charge >= 0.3 is 0 Å². The molecule has 3 aromatic carbocycles. The van der Waals surface area contributed by atoms with Gasteiger partial charge in [0.15, 0.2) is 0 Å². The molecule has 1 unspecified atom stereocenters. The van der Waals surface area contributed by atoms with Crippen LogP contribution in [0.15, 0.2) is 96.4 Å². The van der Waals surface area contributed by atoms with Crippen LogP contribution in [0, 0.1) is 4.91 Å². The molecule has 0 aliphatic carbocycles. The van der Waals surface area contributed by atoms with E-state index in [2.05, 4.69) is 58.7 Å². The van der Waals surface area contributed by atoms with Gasteiger partial charge in [0.25, 0.3) is 0 Å². The Labute approximate surface area is 152 Å². The van der Waals surface area contributed by atoms with Crippen LogP contribution in [-0.2, 0) is 6.42 Å². The summed E-state index contributed by atoms with van der Waals surface area (Å²) in [5, 5.41) is 5.88. The molecule has 26 heavy (non-hydrogen) atoms. The van der Waals surface area contributed by atoms with E-state index in [1.165, 1.54) is 16.3 Å². The summed E-state index contributed by atoms with van der Waals surface area (Å²) in [5.74, 6) is 0. The standard InChI is InChI=1S/C23H18N2O/c26-25-23(18-12-14-24-15-13-18)22-11-4-2-7-20(22)16-19-9-5-8-17-6-1-3-10-21(17)19/h1-15,23H,16H2. The van der Waals surface area contributed by atoms with Crippen molar-refractivity contribution in [1.29, 1.82) is 0 Å². The van der Waals surface area contributed by atoms with Crippen molar-refractivity contribution in [2.45, 2.75) is 12.5 Å². The molecule has 126 valence electrons. The minimum atomic E-state index is -0.524. The van der Waals surface area contributed by atoms with Crippen LogP contribution in [0.2, 0.25) is 0 Å². The lowest BCUT2D eigenvalue weighted by molar-refractivity contribution is 0.844. The molecule has 4 rings (SSSR count). The summed E-state index contributed by atoms with van der Waals surface area (Å²) >= 11 is 0. The van der Waals surface area contributed by atoms with Gasteiger partial charge in [-0.25, -0.2) is 0 Å². The van der Waals surface area contributed by atoms with Gasteiger partial charge in [-0.05, 0) is 51.6 Å². The number of aromatic nitrogens is 1. The molecule has 0 saturated carbocycles. The summed E-state index contributed by atoms with van der Waals surface area (Å²) in [4.78, 5) is 15.7. The smallest absolute Gasteiger partial charge is 0.142 e. The molecule has 4 aromatic rings. The molecule has 1 aromatic heterocycles. The van der Waals surface area contributed by atoms with Crippen molar-refractivity contribution in [1.82, 2.24) is 4.98 Å². The number of hydrogen-bond donors (Lipinski definition) is 0. The first-order valence-corrected chi connectivity index (χ1v) is 8.63.